The molecule has 0 unspecified atom stereocenters. The quantitative estimate of drug-likeness (QED) is 0.804. The van der Waals surface area contributed by atoms with Crippen LogP contribution in [0.1, 0.15) is 0 Å². The molecule has 0 bridgehead atoms. The van der Waals surface area contributed by atoms with Crippen LogP contribution in [0.2, 0.25) is 0 Å². The third-order valence-electron chi connectivity index (χ3n) is 1.47. The molecule has 0 aromatic heterocycles. The molecule has 1 aromatic rings. The van der Waals surface area contributed by atoms with Gasteiger partial charge in [-0.25, -0.2) is 13.6 Å². The van der Waals surface area contributed by atoms with Gasteiger partial charge in [0.1, 0.15) is 5.69 Å². The van der Waals surface area contributed by atoms with Crippen molar-refractivity contribution in [3.05, 3.63) is 28.2 Å². The van der Waals surface area contributed by atoms with Crippen LogP contribution < -0.4 is 10.6 Å². The molecule has 0 aliphatic rings. The first-order chi connectivity index (χ1) is 6.54. The molecule has 0 spiro atoms. The lowest BCUT2D eigenvalue weighted by Gasteiger charge is -2.06. The zero-order valence-electron chi connectivity index (χ0n) is 7.20. The molecule has 0 aliphatic heterocycles. The van der Waals surface area contributed by atoms with Crippen molar-refractivity contribution in [3.8, 4) is 0 Å². The molecule has 0 heterocycles. The number of hydrogen-bond acceptors (Lipinski definition) is 1. The highest BCUT2D eigenvalue weighted by molar-refractivity contribution is 9.10. The fourth-order valence-corrected chi connectivity index (χ4v) is 1.24. The molecular formula is C8H7BrF2N2O. The maximum absolute atomic E-state index is 13.1. The van der Waals surface area contributed by atoms with E-state index in [-0.39, 0.29) is 4.47 Å². The number of rotatable bonds is 1. The van der Waals surface area contributed by atoms with Crippen LogP contribution in [-0.2, 0) is 0 Å². The number of carbonyl (C=O) groups excluding carboxylic acids is 1. The van der Waals surface area contributed by atoms with Crippen molar-refractivity contribution in [2.45, 2.75) is 0 Å². The van der Waals surface area contributed by atoms with Gasteiger partial charge < -0.3 is 10.6 Å². The Balaban J connectivity index is 3.02. The molecule has 0 atom stereocenters. The Bertz CT molecular complexity index is 347. The smallest absolute Gasteiger partial charge is 0.319 e. The van der Waals surface area contributed by atoms with Gasteiger partial charge in [0, 0.05) is 11.5 Å². The first kappa shape index (κ1) is 10.9. The van der Waals surface area contributed by atoms with Crippen LogP contribution in [0, 0.1) is 11.6 Å². The molecule has 2 N–H and O–H groups in total. The van der Waals surface area contributed by atoms with E-state index in [2.05, 4.69) is 21.2 Å². The molecule has 0 saturated carbocycles. The Labute approximate surface area is 87.6 Å². The van der Waals surface area contributed by atoms with E-state index in [9.17, 15) is 13.6 Å². The van der Waals surface area contributed by atoms with Gasteiger partial charge in [0.25, 0.3) is 0 Å². The van der Waals surface area contributed by atoms with Gasteiger partial charge >= 0.3 is 6.03 Å². The molecule has 0 aliphatic carbocycles. The lowest BCUT2D eigenvalue weighted by atomic mass is 10.3. The number of carbonyl (C=O) groups is 1. The van der Waals surface area contributed by atoms with Crippen molar-refractivity contribution in [3.63, 3.8) is 0 Å². The number of anilines is 1. The van der Waals surface area contributed by atoms with Crippen molar-refractivity contribution in [1.29, 1.82) is 0 Å². The van der Waals surface area contributed by atoms with E-state index >= 15 is 0 Å². The van der Waals surface area contributed by atoms with Crippen molar-refractivity contribution < 1.29 is 13.6 Å². The van der Waals surface area contributed by atoms with Gasteiger partial charge in [-0.15, -0.1) is 0 Å². The number of nitrogens with one attached hydrogen (secondary N) is 2. The summed E-state index contributed by atoms with van der Waals surface area (Å²) in [6.45, 7) is 0. The average molecular weight is 265 g/mol. The van der Waals surface area contributed by atoms with Crippen LogP contribution in [0.3, 0.4) is 0 Å². The van der Waals surface area contributed by atoms with E-state index in [1.165, 1.54) is 7.05 Å². The second kappa shape index (κ2) is 4.36. The number of hydrogen-bond donors (Lipinski definition) is 2. The van der Waals surface area contributed by atoms with Gasteiger partial charge in [0.2, 0.25) is 0 Å². The van der Waals surface area contributed by atoms with Crippen molar-refractivity contribution in [1.82, 2.24) is 5.32 Å². The molecule has 0 saturated heterocycles. The summed E-state index contributed by atoms with van der Waals surface area (Å²) >= 11 is 2.92. The standard InChI is InChI=1S/C8H7BrF2N2O/c1-12-8(14)13-7-5(10)2-4(9)3-6(7)11/h2-3H,1H3,(H2,12,13,14). The first-order valence-electron chi connectivity index (χ1n) is 3.68. The van der Waals surface area contributed by atoms with Crippen molar-refractivity contribution >= 4 is 27.6 Å². The molecule has 2 amide bonds. The molecule has 3 nitrogen and oxygen atoms in total. The fraction of sp³-hybridized carbons (Fsp3) is 0.125. The molecule has 1 rings (SSSR count). The number of urea groups is 1. The molecule has 0 fully saturated rings. The SMILES string of the molecule is CNC(=O)Nc1c(F)cc(Br)cc1F. The number of benzene rings is 1. The van der Waals surface area contributed by atoms with Gasteiger partial charge in [-0.3, -0.25) is 0 Å². The van der Waals surface area contributed by atoms with Gasteiger partial charge in [-0.05, 0) is 12.1 Å². The third-order valence-corrected chi connectivity index (χ3v) is 1.93. The number of halogens is 3. The predicted molar refractivity (Wildman–Crippen MR) is 52.1 cm³/mol. The summed E-state index contributed by atoms with van der Waals surface area (Å²) in [6.07, 6.45) is 0. The van der Waals surface area contributed by atoms with E-state index < -0.39 is 23.4 Å². The van der Waals surface area contributed by atoms with Crippen LogP contribution in [0.15, 0.2) is 16.6 Å². The van der Waals surface area contributed by atoms with Gasteiger partial charge in [-0.2, -0.15) is 0 Å². The summed E-state index contributed by atoms with van der Waals surface area (Å²) in [5.74, 6) is -1.67. The summed E-state index contributed by atoms with van der Waals surface area (Å²) in [6, 6.07) is 1.45. The summed E-state index contributed by atoms with van der Waals surface area (Å²) in [5, 5.41) is 4.22. The van der Waals surface area contributed by atoms with Gasteiger partial charge in [0.15, 0.2) is 11.6 Å². The zero-order chi connectivity index (χ0) is 10.7. The Morgan fingerprint density at radius 3 is 2.29 bits per heavy atom. The van der Waals surface area contributed by atoms with Crippen LogP contribution >= 0.6 is 15.9 Å². The lowest BCUT2D eigenvalue weighted by Crippen LogP contribution is -2.25. The molecule has 0 radical (unpaired) electrons. The topological polar surface area (TPSA) is 41.1 Å². The van der Waals surface area contributed by atoms with Crippen LogP contribution in [0.5, 0.6) is 0 Å². The van der Waals surface area contributed by atoms with E-state index in [0.29, 0.717) is 0 Å². The van der Waals surface area contributed by atoms with E-state index in [0.717, 1.165) is 12.1 Å². The highest BCUT2D eigenvalue weighted by Crippen LogP contribution is 2.23. The van der Waals surface area contributed by atoms with Crippen LogP contribution in [-0.4, -0.2) is 13.1 Å². The molecule has 1 aromatic carbocycles. The van der Waals surface area contributed by atoms with Gasteiger partial charge in [0.05, 0.1) is 0 Å². The molecule has 6 heteroatoms. The maximum Gasteiger partial charge on any atom is 0.319 e. The normalized spacial score (nSPS) is 9.71. The maximum atomic E-state index is 13.1. The Morgan fingerprint density at radius 2 is 1.86 bits per heavy atom. The molecular weight excluding hydrogens is 258 g/mol. The van der Waals surface area contributed by atoms with Crippen LogP contribution in [0.4, 0.5) is 19.3 Å². The van der Waals surface area contributed by atoms with Crippen molar-refractivity contribution in [2.75, 3.05) is 12.4 Å². The summed E-state index contributed by atoms with van der Waals surface area (Å²) < 4.78 is 26.5. The highest BCUT2D eigenvalue weighted by Gasteiger charge is 2.12. The minimum absolute atomic E-state index is 0.273. The highest BCUT2D eigenvalue weighted by atomic mass is 79.9. The Kier molecular flexibility index (Phi) is 3.40. The Morgan fingerprint density at radius 1 is 1.36 bits per heavy atom. The average Bonchev–Trinajstić information content (AvgIpc) is 2.10. The fourth-order valence-electron chi connectivity index (χ4n) is 0.838. The monoisotopic (exact) mass is 264 g/mol. The minimum Gasteiger partial charge on any atom is -0.341 e. The predicted octanol–water partition coefficient (Wildman–Crippen LogP) is 2.48. The van der Waals surface area contributed by atoms with Crippen molar-refractivity contribution in [2.24, 2.45) is 0 Å². The second-order valence-corrected chi connectivity index (χ2v) is 3.36. The minimum atomic E-state index is -0.833. The van der Waals surface area contributed by atoms with Gasteiger partial charge in [-0.1, -0.05) is 15.9 Å². The van der Waals surface area contributed by atoms with Crippen LogP contribution in [0.25, 0.3) is 0 Å². The molecule has 14 heavy (non-hydrogen) atoms. The van der Waals surface area contributed by atoms with E-state index in [1.807, 2.05) is 5.32 Å². The van der Waals surface area contributed by atoms with E-state index in [4.69, 9.17) is 0 Å². The largest absolute Gasteiger partial charge is 0.341 e. The Hall–Kier alpha value is -1.17. The number of amides is 2. The van der Waals surface area contributed by atoms with E-state index in [1.54, 1.807) is 0 Å². The summed E-state index contributed by atoms with van der Waals surface area (Å²) in [4.78, 5) is 10.8. The zero-order valence-corrected chi connectivity index (χ0v) is 8.78. The summed E-state index contributed by atoms with van der Waals surface area (Å²) in [5.41, 5.74) is -0.465. The summed E-state index contributed by atoms with van der Waals surface area (Å²) in [7, 11) is 1.35. The third kappa shape index (κ3) is 2.41. The lowest BCUT2D eigenvalue weighted by molar-refractivity contribution is 0.253. The molecule has 76 valence electrons. The first-order valence-corrected chi connectivity index (χ1v) is 4.47. The second-order valence-electron chi connectivity index (χ2n) is 2.45.